The summed E-state index contributed by atoms with van der Waals surface area (Å²) >= 11 is 0. The van der Waals surface area contributed by atoms with Gasteiger partial charge in [-0.05, 0) is 5.56 Å². The third-order valence-corrected chi connectivity index (χ3v) is 2.32. The van der Waals surface area contributed by atoms with Crippen LogP contribution in [0.4, 0.5) is 0 Å². The maximum atomic E-state index is 8.40. The van der Waals surface area contributed by atoms with Crippen LogP contribution < -0.4 is 0 Å². The second kappa shape index (κ2) is 9.39. The van der Waals surface area contributed by atoms with Crippen molar-refractivity contribution in [1.82, 2.24) is 0 Å². The van der Waals surface area contributed by atoms with Crippen LogP contribution in [0.5, 0.6) is 0 Å². The van der Waals surface area contributed by atoms with E-state index in [9.17, 15) is 0 Å². The van der Waals surface area contributed by atoms with Gasteiger partial charge in [-0.1, -0.05) is 36.4 Å². The molecule has 0 fully saturated rings. The van der Waals surface area contributed by atoms with E-state index in [1.54, 1.807) is 6.08 Å². The van der Waals surface area contributed by atoms with Gasteiger partial charge in [-0.3, -0.25) is 0 Å². The van der Waals surface area contributed by atoms with E-state index in [0.29, 0.717) is 26.2 Å². The van der Waals surface area contributed by atoms with Gasteiger partial charge in [0, 0.05) is 12.6 Å². The zero-order chi connectivity index (χ0) is 13.1. The minimum absolute atomic E-state index is 0.123. The molecule has 1 atom stereocenters. The molecule has 1 aromatic carbocycles. The van der Waals surface area contributed by atoms with Gasteiger partial charge < -0.3 is 14.7 Å². The monoisotopic (exact) mass is 249 g/mol. The number of nitrogens with zero attached hydrogens (tertiary/aromatic N) is 1. The van der Waals surface area contributed by atoms with E-state index in [4.69, 9.17) is 14.7 Å². The first-order valence-corrected chi connectivity index (χ1v) is 5.87. The Hall–Kier alpha value is -1.65. The fourth-order valence-electron chi connectivity index (χ4n) is 1.44. The van der Waals surface area contributed by atoms with Crippen molar-refractivity contribution in [3.63, 3.8) is 0 Å². The van der Waals surface area contributed by atoms with Crippen LogP contribution in [0, 0.1) is 0 Å². The maximum Gasteiger partial charge on any atom is 0.0863 e. The van der Waals surface area contributed by atoms with E-state index in [1.807, 2.05) is 30.3 Å². The van der Waals surface area contributed by atoms with Gasteiger partial charge in [0.15, 0.2) is 0 Å². The van der Waals surface area contributed by atoms with Gasteiger partial charge in [0.2, 0.25) is 0 Å². The van der Waals surface area contributed by atoms with Crippen molar-refractivity contribution in [2.45, 2.75) is 19.1 Å². The van der Waals surface area contributed by atoms with Crippen molar-refractivity contribution in [2.24, 2.45) is 5.16 Å². The van der Waals surface area contributed by atoms with Gasteiger partial charge in [-0.25, -0.2) is 0 Å². The molecular formula is C14H19NO3. The Balaban J connectivity index is 2.29. The van der Waals surface area contributed by atoms with Crippen LogP contribution in [0.2, 0.25) is 0 Å². The molecule has 0 spiro atoms. The second-order valence-corrected chi connectivity index (χ2v) is 3.78. The Bertz CT molecular complexity index is 351. The van der Waals surface area contributed by atoms with Gasteiger partial charge in [-0.15, -0.1) is 11.7 Å². The highest BCUT2D eigenvalue weighted by molar-refractivity contribution is 5.56. The van der Waals surface area contributed by atoms with Crippen LogP contribution in [-0.2, 0) is 16.1 Å². The molecular weight excluding hydrogens is 230 g/mol. The van der Waals surface area contributed by atoms with Crippen LogP contribution in [-0.4, -0.2) is 30.7 Å². The normalized spacial score (nSPS) is 12.7. The summed E-state index contributed by atoms with van der Waals surface area (Å²) < 4.78 is 11.1. The molecule has 0 saturated carbocycles. The lowest BCUT2D eigenvalue weighted by molar-refractivity contribution is -0.00706. The molecule has 98 valence electrons. The summed E-state index contributed by atoms with van der Waals surface area (Å²) in [4.78, 5) is 0. The number of rotatable bonds is 9. The average molecular weight is 249 g/mol. The minimum atomic E-state index is -0.123. The number of hydrogen-bond donors (Lipinski definition) is 1. The highest BCUT2D eigenvalue weighted by Gasteiger charge is 2.07. The Labute approximate surface area is 108 Å². The summed E-state index contributed by atoms with van der Waals surface area (Å²) in [5.74, 6) is 0. The van der Waals surface area contributed by atoms with Crippen molar-refractivity contribution >= 4 is 6.21 Å². The Morgan fingerprint density at radius 1 is 1.33 bits per heavy atom. The summed E-state index contributed by atoms with van der Waals surface area (Å²) in [7, 11) is 0. The summed E-state index contributed by atoms with van der Waals surface area (Å²) in [5.41, 5.74) is 1.12. The quantitative estimate of drug-likeness (QED) is 0.317. The van der Waals surface area contributed by atoms with Crippen LogP contribution in [0.1, 0.15) is 12.0 Å². The lowest BCUT2D eigenvalue weighted by atomic mass is 10.2. The van der Waals surface area contributed by atoms with Gasteiger partial charge in [-0.2, -0.15) is 0 Å². The van der Waals surface area contributed by atoms with Crippen molar-refractivity contribution in [2.75, 3.05) is 13.2 Å². The smallest absolute Gasteiger partial charge is 0.0863 e. The first kappa shape index (κ1) is 14.4. The minimum Gasteiger partial charge on any atom is -0.411 e. The van der Waals surface area contributed by atoms with Crippen molar-refractivity contribution in [3.8, 4) is 0 Å². The topological polar surface area (TPSA) is 51.0 Å². The molecule has 0 aliphatic heterocycles. The largest absolute Gasteiger partial charge is 0.411 e. The van der Waals surface area contributed by atoms with Crippen LogP contribution >= 0.6 is 0 Å². The summed E-state index contributed by atoms with van der Waals surface area (Å²) in [6.07, 6.45) is 3.47. The predicted molar refractivity (Wildman–Crippen MR) is 70.9 cm³/mol. The number of hydrogen-bond acceptors (Lipinski definition) is 4. The van der Waals surface area contributed by atoms with Crippen LogP contribution in [0.25, 0.3) is 0 Å². The average Bonchev–Trinajstić information content (AvgIpc) is 2.42. The molecule has 0 aromatic heterocycles. The molecule has 0 saturated heterocycles. The van der Waals surface area contributed by atoms with E-state index in [2.05, 4.69) is 11.7 Å². The van der Waals surface area contributed by atoms with Crippen molar-refractivity contribution < 1.29 is 14.7 Å². The highest BCUT2D eigenvalue weighted by Crippen LogP contribution is 2.04. The standard InChI is InChI=1S/C14H19NO3/c1-2-10-18-14(8-9-15-16)12-17-11-13-6-4-3-5-7-13/h2-7,9,14,16H,1,8,10-12H2/t14-/m1/s1. The van der Waals surface area contributed by atoms with E-state index < -0.39 is 0 Å². The van der Waals surface area contributed by atoms with Crippen molar-refractivity contribution in [1.29, 1.82) is 0 Å². The molecule has 1 aromatic rings. The zero-order valence-corrected chi connectivity index (χ0v) is 10.4. The van der Waals surface area contributed by atoms with Gasteiger partial charge in [0.25, 0.3) is 0 Å². The Kier molecular flexibility index (Phi) is 7.52. The lowest BCUT2D eigenvalue weighted by Gasteiger charge is -2.15. The molecule has 1 rings (SSSR count). The fourth-order valence-corrected chi connectivity index (χ4v) is 1.44. The lowest BCUT2D eigenvalue weighted by Crippen LogP contribution is -2.20. The summed E-state index contributed by atoms with van der Waals surface area (Å²) in [6.45, 7) is 5.05. The summed E-state index contributed by atoms with van der Waals surface area (Å²) in [6, 6.07) is 9.94. The first-order chi connectivity index (χ1) is 8.86. The molecule has 18 heavy (non-hydrogen) atoms. The van der Waals surface area contributed by atoms with E-state index in [0.717, 1.165) is 5.56 Å². The summed E-state index contributed by atoms with van der Waals surface area (Å²) in [5, 5.41) is 11.4. The van der Waals surface area contributed by atoms with Gasteiger partial charge >= 0.3 is 0 Å². The predicted octanol–water partition coefficient (Wildman–Crippen LogP) is 2.62. The Morgan fingerprint density at radius 2 is 2.11 bits per heavy atom. The second-order valence-electron chi connectivity index (χ2n) is 3.78. The molecule has 0 aliphatic carbocycles. The molecule has 4 nitrogen and oxygen atoms in total. The van der Waals surface area contributed by atoms with E-state index in [1.165, 1.54) is 6.21 Å². The molecule has 0 aliphatic rings. The molecule has 0 amide bonds. The fraction of sp³-hybridized carbons (Fsp3) is 0.357. The van der Waals surface area contributed by atoms with Crippen molar-refractivity contribution in [3.05, 3.63) is 48.6 Å². The number of oxime groups is 1. The SMILES string of the molecule is C=CCO[C@H](CC=NO)COCc1ccccc1. The number of ether oxygens (including phenoxy) is 2. The van der Waals surface area contributed by atoms with Gasteiger partial charge in [0.1, 0.15) is 0 Å². The number of benzene rings is 1. The maximum absolute atomic E-state index is 8.40. The molecule has 1 N–H and O–H groups in total. The van der Waals surface area contributed by atoms with E-state index in [-0.39, 0.29) is 6.10 Å². The molecule has 0 bridgehead atoms. The molecule has 0 radical (unpaired) electrons. The van der Waals surface area contributed by atoms with Crippen LogP contribution in [0.3, 0.4) is 0 Å². The van der Waals surface area contributed by atoms with E-state index >= 15 is 0 Å². The molecule has 0 heterocycles. The highest BCUT2D eigenvalue weighted by atomic mass is 16.5. The van der Waals surface area contributed by atoms with Gasteiger partial charge in [0.05, 0.1) is 25.9 Å². The Morgan fingerprint density at radius 3 is 2.78 bits per heavy atom. The zero-order valence-electron chi connectivity index (χ0n) is 10.4. The molecule has 4 heteroatoms. The first-order valence-electron chi connectivity index (χ1n) is 5.87. The third-order valence-electron chi connectivity index (χ3n) is 2.32. The third kappa shape index (κ3) is 6.18. The van der Waals surface area contributed by atoms with Crippen LogP contribution in [0.15, 0.2) is 48.1 Å². The molecule has 0 unspecified atom stereocenters.